The van der Waals surface area contributed by atoms with Crippen LogP contribution in [0.25, 0.3) is 0 Å². The maximum Gasteiger partial charge on any atom is 0.252 e. The third-order valence-electron chi connectivity index (χ3n) is 4.42. The molecule has 21 heavy (non-hydrogen) atoms. The van der Waals surface area contributed by atoms with Crippen LogP contribution in [0.2, 0.25) is 0 Å². The fraction of sp³-hybridized carbons (Fsp3) is 0.733. The van der Waals surface area contributed by atoms with E-state index in [4.69, 9.17) is 0 Å². The standard InChI is InChI=1S/C15H24N2O2S2/c1-11-7-8-17(12(2)9-11)21(18,19)15-6-5-14(20-15)10-16-13-3-4-13/h5-6,11-13,16H,3-4,7-10H2,1-2H3. The average molecular weight is 329 g/mol. The van der Waals surface area contributed by atoms with Crippen molar-refractivity contribution in [3.8, 4) is 0 Å². The first-order chi connectivity index (χ1) is 9.96. The smallest absolute Gasteiger partial charge is 0.252 e. The van der Waals surface area contributed by atoms with Crippen LogP contribution in [-0.4, -0.2) is 31.4 Å². The van der Waals surface area contributed by atoms with Gasteiger partial charge in [-0.3, -0.25) is 0 Å². The number of thiophene rings is 1. The molecule has 0 aromatic carbocycles. The lowest BCUT2D eigenvalue weighted by molar-refractivity contribution is 0.220. The number of nitrogens with zero attached hydrogens (tertiary/aromatic N) is 1. The number of hydrogen-bond acceptors (Lipinski definition) is 4. The summed E-state index contributed by atoms with van der Waals surface area (Å²) < 4.78 is 27.8. The van der Waals surface area contributed by atoms with Gasteiger partial charge in [0.25, 0.3) is 10.0 Å². The van der Waals surface area contributed by atoms with Crippen molar-refractivity contribution in [1.82, 2.24) is 9.62 Å². The van der Waals surface area contributed by atoms with Crippen LogP contribution in [0.3, 0.4) is 0 Å². The number of hydrogen-bond donors (Lipinski definition) is 1. The van der Waals surface area contributed by atoms with Crippen LogP contribution in [0.15, 0.2) is 16.3 Å². The summed E-state index contributed by atoms with van der Waals surface area (Å²) >= 11 is 1.41. The molecule has 0 radical (unpaired) electrons. The van der Waals surface area contributed by atoms with E-state index in [0.29, 0.717) is 22.7 Å². The summed E-state index contributed by atoms with van der Waals surface area (Å²) in [6.45, 7) is 5.67. The van der Waals surface area contributed by atoms with Gasteiger partial charge in [-0.05, 0) is 50.7 Å². The summed E-state index contributed by atoms with van der Waals surface area (Å²) in [6.07, 6.45) is 4.42. The van der Waals surface area contributed by atoms with Gasteiger partial charge in [0.1, 0.15) is 4.21 Å². The Kier molecular flexibility index (Phi) is 4.41. The molecule has 3 rings (SSSR count). The van der Waals surface area contributed by atoms with Gasteiger partial charge in [0.05, 0.1) is 0 Å². The van der Waals surface area contributed by atoms with Crippen LogP contribution < -0.4 is 5.32 Å². The highest BCUT2D eigenvalue weighted by molar-refractivity contribution is 7.91. The quantitative estimate of drug-likeness (QED) is 0.904. The highest BCUT2D eigenvalue weighted by atomic mass is 32.2. The van der Waals surface area contributed by atoms with Crippen LogP contribution in [0.1, 0.15) is 44.4 Å². The van der Waals surface area contributed by atoms with Crippen LogP contribution in [0.5, 0.6) is 0 Å². The van der Waals surface area contributed by atoms with Gasteiger partial charge < -0.3 is 5.32 Å². The molecule has 1 saturated carbocycles. The Morgan fingerprint density at radius 1 is 1.29 bits per heavy atom. The number of sulfonamides is 1. The van der Waals surface area contributed by atoms with Crippen molar-refractivity contribution in [2.45, 2.75) is 62.4 Å². The monoisotopic (exact) mass is 328 g/mol. The van der Waals surface area contributed by atoms with E-state index in [-0.39, 0.29) is 6.04 Å². The molecule has 1 saturated heterocycles. The lowest BCUT2D eigenvalue weighted by atomic mass is 9.95. The predicted octanol–water partition coefficient (Wildman–Crippen LogP) is 2.81. The van der Waals surface area contributed by atoms with Crippen LogP contribution >= 0.6 is 11.3 Å². The van der Waals surface area contributed by atoms with Crippen molar-refractivity contribution in [1.29, 1.82) is 0 Å². The van der Waals surface area contributed by atoms with Gasteiger partial charge in [-0.1, -0.05) is 6.92 Å². The topological polar surface area (TPSA) is 49.4 Å². The minimum absolute atomic E-state index is 0.105. The summed E-state index contributed by atoms with van der Waals surface area (Å²) in [5.74, 6) is 0.619. The second kappa shape index (κ2) is 5.99. The highest BCUT2D eigenvalue weighted by Gasteiger charge is 2.34. The van der Waals surface area contributed by atoms with E-state index in [0.717, 1.165) is 24.3 Å². The van der Waals surface area contributed by atoms with Crippen LogP contribution in [-0.2, 0) is 16.6 Å². The molecule has 1 aliphatic carbocycles. The Labute approximate surface area is 131 Å². The second-order valence-electron chi connectivity index (χ2n) is 6.47. The van der Waals surface area contributed by atoms with Gasteiger partial charge >= 0.3 is 0 Å². The molecule has 1 N–H and O–H groups in total. The van der Waals surface area contributed by atoms with Crippen molar-refractivity contribution >= 4 is 21.4 Å². The Hall–Kier alpha value is -0.430. The van der Waals surface area contributed by atoms with Crippen molar-refractivity contribution < 1.29 is 8.42 Å². The van der Waals surface area contributed by atoms with Gasteiger partial charge in [-0.25, -0.2) is 8.42 Å². The minimum atomic E-state index is -3.31. The van der Waals surface area contributed by atoms with E-state index in [1.165, 1.54) is 24.2 Å². The molecular formula is C15H24N2O2S2. The Morgan fingerprint density at radius 2 is 2.05 bits per heavy atom. The molecule has 2 fully saturated rings. The molecule has 6 heteroatoms. The first-order valence-corrected chi connectivity index (χ1v) is 10.1. The van der Waals surface area contributed by atoms with Crippen molar-refractivity contribution in [3.05, 3.63) is 17.0 Å². The molecule has 1 aliphatic heterocycles. The average Bonchev–Trinajstić information content (AvgIpc) is 3.12. The molecule has 0 spiro atoms. The van der Waals surface area contributed by atoms with E-state index in [1.807, 2.05) is 13.0 Å². The number of nitrogens with one attached hydrogen (secondary N) is 1. The Bertz CT molecular complexity index is 593. The summed E-state index contributed by atoms with van der Waals surface area (Å²) in [5.41, 5.74) is 0. The summed E-state index contributed by atoms with van der Waals surface area (Å²) in [4.78, 5) is 1.11. The van der Waals surface area contributed by atoms with E-state index < -0.39 is 10.0 Å². The zero-order valence-corrected chi connectivity index (χ0v) is 14.3. The number of rotatable bonds is 5. The Balaban J connectivity index is 1.71. The lowest BCUT2D eigenvalue weighted by Crippen LogP contribution is -2.43. The van der Waals surface area contributed by atoms with Crippen molar-refractivity contribution in [3.63, 3.8) is 0 Å². The van der Waals surface area contributed by atoms with Crippen molar-refractivity contribution in [2.24, 2.45) is 5.92 Å². The molecule has 0 bridgehead atoms. The molecule has 2 unspecified atom stereocenters. The molecule has 1 aromatic heterocycles. The van der Waals surface area contributed by atoms with E-state index in [1.54, 1.807) is 10.4 Å². The van der Waals surface area contributed by atoms with E-state index in [2.05, 4.69) is 12.2 Å². The summed E-state index contributed by atoms with van der Waals surface area (Å²) in [6, 6.07) is 4.48. The van der Waals surface area contributed by atoms with Crippen molar-refractivity contribution in [2.75, 3.05) is 6.54 Å². The molecule has 2 atom stereocenters. The highest BCUT2D eigenvalue weighted by Crippen LogP contribution is 2.31. The number of piperidine rings is 1. The van der Waals surface area contributed by atoms with E-state index in [9.17, 15) is 8.42 Å². The van der Waals surface area contributed by atoms with Crippen LogP contribution in [0, 0.1) is 5.92 Å². The molecule has 0 amide bonds. The van der Waals surface area contributed by atoms with Gasteiger partial charge in [-0.2, -0.15) is 4.31 Å². The molecular weight excluding hydrogens is 304 g/mol. The third-order valence-corrected chi connectivity index (χ3v) is 7.99. The zero-order chi connectivity index (χ0) is 15.0. The largest absolute Gasteiger partial charge is 0.309 e. The first kappa shape index (κ1) is 15.5. The Morgan fingerprint density at radius 3 is 2.71 bits per heavy atom. The fourth-order valence-corrected chi connectivity index (χ4v) is 6.08. The maximum absolute atomic E-state index is 12.8. The third kappa shape index (κ3) is 3.50. The molecule has 2 heterocycles. The van der Waals surface area contributed by atoms with Gasteiger partial charge in [0.15, 0.2) is 0 Å². The fourth-order valence-electron chi connectivity index (χ4n) is 2.98. The molecule has 118 valence electrons. The molecule has 2 aliphatic rings. The normalized spacial score (nSPS) is 27.9. The van der Waals surface area contributed by atoms with Gasteiger partial charge in [-0.15, -0.1) is 11.3 Å². The van der Waals surface area contributed by atoms with Crippen LogP contribution in [0.4, 0.5) is 0 Å². The minimum Gasteiger partial charge on any atom is -0.309 e. The molecule has 4 nitrogen and oxygen atoms in total. The predicted molar refractivity (Wildman–Crippen MR) is 85.9 cm³/mol. The van der Waals surface area contributed by atoms with Gasteiger partial charge in [0.2, 0.25) is 0 Å². The SMILES string of the molecule is CC1CCN(S(=O)(=O)c2ccc(CNC3CC3)s2)C(C)C1. The zero-order valence-electron chi connectivity index (χ0n) is 12.7. The summed E-state index contributed by atoms with van der Waals surface area (Å²) in [5, 5.41) is 3.43. The lowest BCUT2D eigenvalue weighted by Gasteiger charge is -2.35. The summed E-state index contributed by atoms with van der Waals surface area (Å²) in [7, 11) is -3.31. The maximum atomic E-state index is 12.8. The van der Waals surface area contributed by atoms with Gasteiger partial charge in [0, 0.05) is 30.1 Å². The first-order valence-electron chi connectivity index (χ1n) is 7.81. The van der Waals surface area contributed by atoms with E-state index >= 15 is 0 Å². The molecule has 1 aromatic rings. The second-order valence-corrected chi connectivity index (χ2v) is 9.76.